The molecule has 0 aliphatic heterocycles. The molecule has 0 radical (unpaired) electrons. The summed E-state index contributed by atoms with van der Waals surface area (Å²) >= 11 is 0. The van der Waals surface area contributed by atoms with E-state index in [4.69, 9.17) is 0 Å². The molecule has 3 nitrogen and oxygen atoms in total. The van der Waals surface area contributed by atoms with E-state index in [1.165, 1.54) is 38.5 Å². The van der Waals surface area contributed by atoms with Gasteiger partial charge >= 0.3 is 0 Å². The van der Waals surface area contributed by atoms with Gasteiger partial charge in [0, 0.05) is 0 Å². The molecule has 0 bridgehead atoms. The number of rotatable bonds is 8. The summed E-state index contributed by atoms with van der Waals surface area (Å²) < 4.78 is 0. The minimum absolute atomic E-state index is 0.352. The lowest BCUT2D eigenvalue weighted by Gasteiger charge is -2.45. The molecule has 0 aromatic heterocycles. The minimum atomic E-state index is -0.618. The predicted octanol–water partition coefficient (Wildman–Crippen LogP) is 6.73. The second-order valence-electron chi connectivity index (χ2n) is 11.9. The topological polar surface area (TPSA) is 60.7 Å². The van der Waals surface area contributed by atoms with Crippen molar-refractivity contribution in [3.05, 3.63) is 35.5 Å². The molecule has 3 aliphatic carbocycles. The van der Waals surface area contributed by atoms with E-state index in [9.17, 15) is 15.3 Å². The second-order valence-corrected chi connectivity index (χ2v) is 11.9. The number of fused-ring (bicyclic) bond motifs is 1. The van der Waals surface area contributed by atoms with Crippen molar-refractivity contribution in [3.63, 3.8) is 0 Å². The van der Waals surface area contributed by atoms with Gasteiger partial charge in [0.05, 0.1) is 17.8 Å². The minimum Gasteiger partial charge on any atom is -0.390 e. The molecule has 3 fully saturated rings. The van der Waals surface area contributed by atoms with Gasteiger partial charge in [-0.15, -0.1) is 0 Å². The smallest absolute Gasteiger partial charge is 0.0809 e. The maximum absolute atomic E-state index is 10.9. The number of aliphatic hydroxyl groups excluding tert-OH is 2. The molecule has 0 amide bonds. The molecule has 0 unspecified atom stereocenters. The van der Waals surface area contributed by atoms with E-state index >= 15 is 0 Å². The lowest BCUT2D eigenvalue weighted by Crippen LogP contribution is -2.37. The van der Waals surface area contributed by atoms with Crippen molar-refractivity contribution < 1.29 is 15.3 Å². The van der Waals surface area contributed by atoms with Crippen molar-refractivity contribution in [2.45, 2.75) is 123 Å². The summed E-state index contributed by atoms with van der Waals surface area (Å²) in [7, 11) is 0. The van der Waals surface area contributed by atoms with Gasteiger partial charge in [0.25, 0.3) is 0 Å². The first kappa shape index (κ1) is 26.7. The van der Waals surface area contributed by atoms with E-state index in [-0.39, 0.29) is 0 Å². The Bertz CT molecular complexity index is 730. The zero-order valence-electron chi connectivity index (χ0n) is 21.9. The number of allylic oxidation sites excluding steroid dienone is 3. The van der Waals surface area contributed by atoms with Crippen molar-refractivity contribution in [3.8, 4) is 0 Å². The van der Waals surface area contributed by atoms with Crippen LogP contribution in [0.4, 0.5) is 0 Å². The average molecular weight is 459 g/mol. The molecule has 3 heteroatoms. The van der Waals surface area contributed by atoms with E-state index in [2.05, 4.69) is 53.3 Å². The van der Waals surface area contributed by atoms with Gasteiger partial charge in [-0.25, -0.2) is 0 Å². The van der Waals surface area contributed by atoms with Gasteiger partial charge in [0.15, 0.2) is 0 Å². The van der Waals surface area contributed by atoms with Crippen molar-refractivity contribution in [2.75, 3.05) is 0 Å². The van der Waals surface area contributed by atoms with Crippen LogP contribution in [0.15, 0.2) is 35.5 Å². The van der Waals surface area contributed by atoms with Crippen LogP contribution < -0.4 is 0 Å². The summed E-state index contributed by atoms with van der Waals surface area (Å²) in [6.07, 6.45) is 14.8. The van der Waals surface area contributed by atoms with Crippen LogP contribution in [0.3, 0.4) is 0 Å². The number of hydrogen-bond donors (Lipinski definition) is 3. The highest BCUT2D eigenvalue weighted by Gasteiger charge is 2.50. The molecule has 0 aromatic carbocycles. The largest absolute Gasteiger partial charge is 0.390 e. The van der Waals surface area contributed by atoms with Gasteiger partial charge in [-0.3, -0.25) is 0 Å². The van der Waals surface area contributed by atoms with Crippen LogP contribution >= 0.6 is 0 Å². The fourth-order valence-electron chi connectivity index (χ4n) is 7.57. The molecular formula is C30H50O3. The molecule has 3 aliphatic rings. The Balaban J connectivity index is 1.67. The van der Waals surface area contributed by atoms with Gasteiger partial charge < -0.3 is 15.3 Å². The van der Waals surface area contributed by atoms with Crippen LogP contribution in [0.2, 0.25) is 0 Å². The molecular weight excluding hydrogens is 408 g/mol. The summed E-state index contributed by atoms with van der Waals surface area (Å²) in [6.45, 7) is 15.3. The summed E-state index contributed by atoms with van der Waals surface area (Å²) in [5.41, 5.74) is 3.14. The molecule has 188 valence electrons. The molecule has 3 saturated carbocycles. The van der Waals surface area contributed by atoms with Crippen LogP contribution in [-0.2, 0) is 0 Å². The van der Waals surface area contributed by atoms with Gasteiger partial charge in [-0.1, -0.05) is 70.9 Å². The fraction of sp³-hybridized carbons (Fsp3) is 0.800. The zero-order chi connectivity index (χ0) is 24.4. The predicted molar refractivity (Wildman–Crippen MR) is 138 cm³/mol. The molecule has 0 aromatic rings. The second kappa shape index (κ2) is 10.8. The zero-order valence-corrected chi connectivity index (χ0v) is 21.9. The van der Waals surface area contributed by atoms with Crippen LogP contribution in [0.1, 0.15) is 105 Å². The number of hydrogen-bond acceptors (Lipinski definition) is 3. The highest BCUT2D eigenvalue weighted by Crippen LogP contribution is 2.60. The first-order valence-electron chi connectivity index (χ1n) is 13.7. The van der Waals surface area contributed by atoms with E-state index in [1.807, 2.05) is 0 Å². The van der Waals surface area contributed by atoms with Crippen LogP contribution in [0, 0.1) is 29.1 Å². The maximum atomic E-state index is 10.9. The Hall–Kier alpha value is -0.900. The maximum Gasteiger partial charge on any atom is 0.0809 e. The third kappa shape index (κ3) is 5.52. The normalized spacial score (nSPS) is 36.1. The summed E-state index contributed by atoms with van der Waals surface area (Å²) in [4.78, 5) is 0. The van der Waals surface area contributed by atoms with Gasteiger partial charge in [0.1, 0.15) is 0 Å². The van der Waals surface area contributed by atoms with Crippen LogP contribution in [0.5, 0.6) is 0 Å². The van der Waals surface area contributed by atoms with Gasteiger partial charge in [-0.05, 0) is 98.9 Å². The molecule has 0 heterocycles. The molecule has 0 spiro atoms. The van der Waals surface area contributed by atoms with Crippen molar-refractivity contribution >= 4 is 0 Å². The Kier molecular flexibility index (Phi) is 8.73. The highest BCUT2D eigenvalue weighted by atomic mass is 16.3. The van der Waals surface area contributed by atoms with Crippen molar-refractivity contribution in [1.82, 2.24) is 0 Å². The van der Waals surface area contributed by atoms with E-state index in [1.54, 1.807) is 5.57 Å². The summed E-state index contributed by atoms with van der Waals surface area (Å²) in [5.74, 6) is 2.45. The molecule has 3 N–H and O–H groups in total. The first-order chi connectivity index (χ1) is 15.6. The quantitative estimate of drug-likeness (QED) is 0.353. The molecule has 3 rings (SSSR count). The van der Waals surface area contributed by atoms with Crippen LogP contribution in [0.25, 0.3) is 0 Å². The monoisotopic (exact) mass is 458 g/mol. The van der Waals surface area contributed by atoms with Gasteiger partial charge in [-0.2, -0.15) is 0 Å². The average Bonchev–Trinajstić information content (AvgIpc) is 3.16. The van der Waals surface area contributed by atoms with Crippen molar-refractivity contribution in [1.29, 1.82) is 0 Å². The molecule has 33 heavy (non-hydrogen) atoms. The Morgan fingerprint density at radius 3 is 2.30 bits per heavy atom. The summed E-state index contributed by atoms with van der Waals surface area (Å²) in [5, 5.41) is 31.3. The lowest BCUT2D eigenvalue weighted by atomic mass is 9.60. The third-order valence-corrected chi connectivity index (χ3v) is 10.2. The Morgan fingerprint density at radius 1 is 1.06 bits per heavy atom. The Labute approximate surface area is 203 Å². The first-order valence-corrected chi connectivity index (χ1v) is 13.7. The summed E-state index contributed by atoms with van der Waals surface area (Å²) in [6, 6.07) is 0. The molecule has 7 atom stereocenters. The van der Waals surface area contributed by atoms with Gasteiger partial charge in [0.2, 0.25) is 0 Å². The van der Waals surface area contributed by atoms with E-state index < -0.39 is 17.8 Å². The fourth-order valence-corrected chi connectivity index (χ4v) is 7.57. The highest BCUT2D eigenvalue weighted by molar-refractivity contribution is 5.29. The molecule has 0 saturated heterocycles. The van der Waals surface area contributed by atoms with E-state index in [0.29, 0.717) is 41.6 Å². The van der Waals surface area contributed by atoms with E-state index in [0.717, 1.165) is 30.8 Å². The SMILES string of the molecule is C=C1[C@H](O)CC(=C/C=C2\CCC[C@]3(C)[C@@H]([C@H](C)CC[C@H](C)C(O)(CC)CC)CC[C@@H]23)C[C@H]1O. The van der Waals surface area contributed by atoms with Crippen molar-refractivity contribution in [2.24, 2.45) is 29.1 Å². The standard InChI is InChI=1S/C30H50O3/c1-7-30(33,8-2)21(4)12-11-20(3)25-15-16-26-24(10-9-17-29(25,26)6)14-13-23-18-27(31)22(5)28(32)19-23/h13-14,20-21,25-28,31-33H,5,7-12,15-19H2,1-4,6H3/b24-14+/t20-,21+,25-,26+,27-,28-,29-/m1/s1. The van der Waals surface area contributed by atoms with Crippen LogP contribution in [-0.4, -0.2) is 33.1 Å². The number of aliphatic hydroxyl groups is 3. The lowest BCUT2D eigenvalue weighted by molar-refractivity contribution is -0.0258. The third-order valence-electron chi connectivity index (χ3n) is 10.2. The Morgan fingerprint density at radius 2 is 1.70 bits per heavy atom.